The number of rotatable bonds is 8. The first-order valence-electron chi connectivity index (χ1n) is 13.6. The van der Waals surface area contributed by atoms with Gasteiger partial charge in [-0.25, -0.2) is 28.2 Å². The molecule has 1 aromatic carbocycles. The number of nitrogens with zero attached hydrogens (tertiary/aromatic N) is 5. The van der Waals surface area contributed by atoms with Crippen molar-refractivity contribution in [2.45, 2.75) is 39.0 Å². The molecule has 0 aliphatic carbocycles. The van der Waals surface area contributed by atoms with Crippen LogP contribution in [0.5, 0.6) is 0 Å². The SMILES string of the molecule is CCNC(=O)Nc1nc2cc(-c3cnc(NS(=O)(=O)C(C)(C)C)nc3)cc(-c3ccc(CN4CCOCC4)cn3)c2s1. The lowest BCUT2D eigenvalue weighted by Gasteiger charge is -2.26. The van der Waals surface area contributed by atoms with Crippen LogP contribution in [0, 0.1) is 0 Å². The molecule has 42 heavy (non-hydrogen) atoms. The van der Waals surface area contributed by atoms with Crippen molar-refractivity contribution in [1.29, 1.82) is 0 Å². The van der Waals surface area contributed by atoms with E-state index in [2.05, 4.69) is 41.3 Å². The Balaban J connectivity index is 1.49. The number of sulfonamides is 1. The number of anilines is 2. The van der Waals surface area contributed by atoms with Crippen molar-refractivity contribution >= 4 is 48.7 Å². The largest absolute Gasteiger partial charge is 0.379 e. The van der Waals surface area contributed by atoms with Gasteiger partial charge in [0, 0.05) is 55.9 Å². The van der Waals surface area contributed by atoms with Crippen molar-refractivity contribution in [3.05, 3.63) is 48.4 Å². The molecule has 5 rings (SSSR count). The van der Waals surface area contributed by atoms with Crippen molar-refractivity contribution in [2.75, 3.05) is 42.9 Å². The molecule has 4 heterocycles. The van der Waals surface area contributed by atoms with Gasteiger partial charge in [-0.3, -0.25) is 19.9 Å². The van der Waals surface area contributed by atoms with Gasteiger partial charge in [-0.15, -0.1) is 0 Å². The van der Waals surface area contributed by atoms with Gasteiger partial charge in [-0.2, -0.15) is 0 Å². The van der Waals surface area contributed by atoms with Crippen LogP contribution >= 0.6 is 11.3 Å². The van der Waals surface area contributed by atoms with E-state index in [1.54, 1.807) is 33.2 Å². The molecule has 3 aromatic heterocycles. The van der Waals surface area contributed by atoms with Gasteiger partial charge in [0.1, 0.15) is 0 Å². The van der Waals surface area contributed by atoms with Gasteiger partial charge in [0.15, 0.2) is 5.13 Å². The number of aromatic nitrogens is 4. The molecule has 0 saturated carbocycles. The normalized spacial score (nSPS) is 14.6. The first-order valence-corrected chi connectivity index (χ1v) is 15.9. The van der Waals surface area contributed by atoms with E-state index >= 15 is 0 Å². The van der Waals surface area contributed by atoms with Gasteiger partial charge in [-0.1, -0.05) is 17.4 Å². The lowest BCUT2D eigenvalue weighted by molar-refractivity contribution is 0.0341. The summed E-state index contributed by atoms with van der Waals surface area (Å²) in [7, 11) is -3.67. The molecule has 1 saturated heterocycles. The molecule has 2 amide bonds. The number of fused-ring (bicyclic) bond motifs is 1. The van der Waals surface area contributed by atoms with Crippen LogP contribution in [0.4, 0.5) is 15.9 Å². The summed E-state index contributed by atoms with van der Waals surface area (Å²) in [6.07, 6.45) is 5.02. The van der Waals surface area contributed by atoms with Crippen molar-refractivity contribution in [3.63, 3.8) is 0 Å². The summed E-state index contributed by atoms with van der Waals surface area (Å²) in [4.78, 5) is 32.5. The third kappa shape index (κ3) is 6.84. The Kier molecular flexibility index (Phi) is 8.68. The lowest BCUT2D eigenvalue weighted by atomic mass is 10.0. The quantitative estimate of drug-likeness (QED) is 0.265. The van der Waals surface area contributed by atoms with E-state index < -0.39 is 14.8 Å². The number of urea groups is 1. The standard InChI is InChI=1S/C28H34N8O4S2/c1-5-29-26(37)34-27-33-23-13-19(20-15-31-25(32-16-20)35-42(38,39)28(2,3)4)12-21(24(23)41-27)22-7-6-18(14-30-22)17-36-8-10-40-11-9-36/h6-7,12-16H,5,8-11,17H2,1-4H3,(H,31,32,35)(H2,29,33,34,37). The number of carbonyl (C=O) groups is 1. The van der Waals surface area contributed by atoms with Crippen LogP contribution in [0.15, 0.2) is 42.9 Å². The van der Waals surface area contributed by atoms with Crippen LogP contribution in [-0.4, -0.2) is 76.9 Å². The molecule has 0 radical (unpaired) electrons. The zero-order chi connectivity index (χ0) is 29.9. The van der Waals surface area contributed by atoms with E-state index in [1.807, 2.05) is 31.3 Å². The van der Waals surface area contributed by atoms with Crippen LogP contribution in [0.2, 0.25) is 0 Å². The zero-order valence-electron chi connectivity index (χ0n) is 24.0. The highest BCUT2D eigenvalue weighted by atomic mass is 32.2. The summed E-state index contributed by atoms with van der Waals surface area (Å²) < 4.78 is 32.8. The smallest absolute Gasteiger partial charge is 0.321 e. The highest BCUT2D eigenvalue weighted by Crippen LogP contribution is 2.38. The third-order valence-corrected chi connectivity index (χ3v) is 9.76. The van der Waals surface area contributed by atoms with Crippen molar-refractivity contribution in [3.8, 4) is 22.4 Å². The van der Waals surface area contributed by atoms with Crippen LogP contribution in [-0.2, 0) is 21.3 Å². The average Bonchev–Trinajstić information content (AvgIpc) is 3.35. The van der Waals surface area contributed by atoms with E-state index in [1.165, 1.54) is 11.3 Å². The molecule has 4 aromatic rings. The average molecular weight is 611 g/mol. The molecular formula is C28H34N8O4S2. The molecule has 14 heteroatoms. The number of thiazole rings is 1. The molecular weight excluding hydrogens is 576 g/mol. The van der Waals surface area contributed by atoms with E-state index in [9.17, 15) is 13.2 Å². The Hall–Kier alpha value is -3.72. The predicted molar refractivity (Wildman–Crippen MR) is 165 cm³/mol. The first kappa shape index (κ1) is 29.8. The van der Waals surface area contributed by atoms with Gasteiger partial charge < -0.3 is 10.1 Å². The number of carbonyl (C=O) groups excluding carboxylic acids is 1. The van der Waals surface area contributed by atoms with Gasteiger partial charge in [0.2, 0.25) is 16.0 Å². The molecule has 12 nitrogen and oxygen atoms in total. The molecule has 222 valence electrons. The van der Waals surface area contributed by atoms with E-state index in [-0.39, 0.29) is 12.0 Å². The Labute approximate surface area is 249 Å². The molecule has 0 spiro atoms. The molecule has 0 unspecified atom stereocenters. The Morgan fingerprint density at radius 2 is 1.79 bits per heavy atom. The first-order chi connectivity index (χ1) is 20.0. The summed E-state index contributed by atoms with van der Waals surface area (Å²) >= 11 is 1.37. The van der Waals surface area contributed by atoms with E-state index in [4.69, 9.17) is 9.72 Å². The zero-order valence-corrected chi connectivity index (χ0v) is 25.6. The Morgan fingerprint density at radius 1 is 1.05 bits per heavy atom. The molecule has 1 fully saturated rings. The number of benzene rings is 1. The second-order valence-corrected chi connectivity index (χ2v) is 14.3. The molecule has 0 atom stereocenters. The van der Waals surface area contributed by atoms with Crippen LogP contribution < -0.4 is 15.4 Å². The molecule has 1 aliphatic rings. The molecule has 0 bridgehead atoms. The van der Waals surface area contributed by atoms with Crippen molar-refractivity contribution < 1.29 is 17.9 Å². The number of morpholine rings is 1. The second-order valence-electron chi connectivity index (χ2n) is 10.8. The minimum Gasteiger partial charge on any atom is -0.379 e. The fraction of sp³-hybridized carbons (Fsp3) is 0.393. The maximum Gasteiger partial charge on any atom is 0.321 e. The number of ether oxygens (including phenoxy) is 1. The minimum absolute atomic E-state index is 0.00502. The number of pyridine rings is 1. The van der Waals surface area contributed by atoms with Crippen LogP contribution in [0.1, 0.15) is 33.3 Å². The monoisotopic (exact) mass is 610 g/mol. The second kappa shape index (κ2) is 12.3. The summed E-state index contributed by atoms with van der Waals surface area (Å²) in [5, 5.41) is 5.98. The van der Waals surface area contributed by atoms with Gasteiger partial charge in [0.25, 0.3) is 0 Å². The number of hydrogen-bond acceptors (Lipinski definition) is 10. The third-order valence-electron chi connectivity index (χ3n) is 6.68. The van der Waals surface area contributed by atoms with Crippen LogP contribution in [0.3, 0.4) is 0 Å². The highest BCUT2D eigenvalue weighted by Gasteiger charge is 2.29. The fourth-order valence-corrected chi connectivity index (χ4v) is 5.86. The fourth-order valence-electron chi connectivity index (χ4n) is 4.24. The summed E-state index contributed by atoms with van der Waals surface area (Å²) in [5.74, 6) is -0.00502. The van der Waals surface area contributed by atoms with E-state index in [0.717, 1.165) is 59.9 Å². The van der Waals surface area contributed by atoms with Gasteiger partial charge >= 0.3 is 6.03 Å². The summed E-state index contributed by atoms with van der Waals surface area (Å²) in [6, 6.07) is 7.61. The van der Waals surface area contributed by atoms with Crippen molar-refractivity contribution in [1.82, 2.24) is 30.2 Å². The predicted octanol–water partition coefficient (Wildman–Crippen LogP) is 4.33. The van der Waals surface area contributed by atoms with Gasteiger partial charge in [0.05, 0.1) is 33.9 Å². The van der Waals surface area contributed by atoms with Crippen LogP contribution in [0.25, 0.3) is 32.6 Å². The number of nitrogens with one attached hydrogen (secondary N) is 3. The Morgan fingerprint density at radius 3 is 2.43 bits per heavy atom. The Bertz CT molecular complexity index is 1660. The topological polar surface area (TPSA) is 151 Å². The molecule has 1 aliphatic heterocycles. The maximum absolute atomic E-state index is 12.5. The van der Waals surface area contributed by atoms with Crippen molar-refractivity contribution in [2.24, 2.45) is 0 Å². The van der Waals surface area contributed by atoms with E-state index in [0.29, 0.717) is 22.8 Å². The lowest BCUT2D eigenvalue weighted by Crippen LogP contribution is -2.35. The summed E-state index contributed by atoms with van der Waals surface area (Å²) in [5.41, 5.74) is 4.84. The number of hydrogen-bond donors (Lipinski definition) is 3. The van der Waals surface area contributed by atoms with Gasteiger partial charge in [-0.05, 0) is 57.0 Å². The summed E-state index contributed by atoms with van der Waals surface area (Å²) in [6.45, 7) is 11.2. The molecule has 3 N–H and O–H groups in total. The highest BCUT2D eigenvalue weighted by molar-refractivity contribution is 7.94. The number of amides is 2. The minimum atomic E-state index is -3.67. The maximum atomic E-state index is 12.5.